The lowest BCUT2D eigenvalue weighted by Gasteiger charge is -2.09. The Morgan fingerprint density at radius 3 is 2.54 bits per heavy atom. The summed E-state index contributed by atoms with van der Waals surface area (Å²) in [6.07, 6.45) is 1.21. The number of para-hydroxylation sites is 1. The number of nitrogens with one attached hydrogen (secondary N) is 2. The number of fused-ring (bicyclic) bond motifs is 1. The van der Waals surface area contributed by atoms with Gasteiger partial charge < -0.3 is 10.6 Å². The Labute approximate surface area is 155 Å². The lowest BCUT2D eigenvalue weighted by atomic mass is 10.2. The second kappa shape index (κ2) is 7.91. The summed E-state index contributed by atoms with van der Waals surface area (Å²) in [6.45, 7) is -0.948. The van der Waals surface area contributed by atoms with E-state index >= 15 is 0 Å². The van der Waals surface area contributed by atoms with Crippen molar-refractivity contribution < 1.29 is 22.8 Å². The molecule has 0 spiro atoms. The number of aromatic nitrogens is 2. The maximum Gasteiger partial charge on any atom is 0.261 e. The molecule has 0 saturated heterocycles. The number of carbonyl (C=O) groups is 2. The predicted molar refractivity (Wildman–Crippen MR) is 94.0 cm³/mol. The van der Waals surface area contributed by atoms with Crippen molar-refractivity contribution in [1.82, 2.24) is 14.9 Å². The van der Waals surface area contributed by atoms with Crippen molar-refractivity contribution in [3.63, 3.8) is 0 Å². The van der Waals surface area contributed by atoms with E-state index in [0.717, 1.165) is 10.6 Å². The lowest BCUT2D eigenvalue weighted by Crippen LogP contribution is -2.37. The third-order valence-electron chi connectivity index (χ3n) is 3.80. The first-order valence-electron chi connectivity index (χ1n) is 8.01. The maximum atomic E-state index is 13.5. The van der Waals surface area contributed by atoms with Gasteiger partial charge in [0.1, 0.15) is 6.54 Å². The number of hydrogen-bond acceptors (Lipinski definition) is 4. The number of anilines is 1. The summed E-state index contributed by atoms with van der Waals surface area (Å²) < 4.78 is 40.6. The summed E-state index contributed by atoms with van der Waals surface area (Å²) in [6, 6.07) is 8.13. The van der Waals surface area contributed by atoms with Gasteiger partial charge in [0.15, 0.2) is 17.5 Å². The van der Waals surface area contributed by atoms with Crippen molar-refractivity contribution in [3.05, 3.63) is 70.5 Å². The summed E-state index contributed by atoms with van der Waals surface area (Å²) in [7, 11) is 0. The molecule has 0 saturated carbocycles. The van der Waals surface area contributed by atoms with Crippen LogP contribution in [0.2, 0.25) is 0 Å². The average Bonchev–Trinajstić information content (AvgIpc) is 2.69. The second-order valence-electron chi connectivity index (χ2n) is 5.74. The molecule has 3 aromatic rings. The zero-order chi connectivity index (χ0) is 20.3. The van der Waals surface area contributed by atoms with Crippen LogP contribution in [0.1, 0.15) is 0 Å². The summed E-state index contributed by atoms with van der Waals surface area (Å²) in [5.74, 6) is -6.18. The maximum absolute atomic E-state index is 13.5. The van der Waals surface area contributed by atoms with Crippen molar-refractivity contribution in [2.75, 3.05) is 11.9 Å². The molecule has 1 heterocycles. The molecule has 0 bridgehead atoms. The fourth-order valence-corrected chi connectivity index (χ4v) is 2.43. The van der Waals surface area contributed by atoms with Crippen molar-refractivity contribution in [3.8, 4) is 0 Å². The summed E-state index contributed by atoms with van der Waals surface area (Å²) in [4.78, 5) is 40.1. The quantitative estimate of drug-likeness (QED) is 0.647. The summed E-state index contributed by atoms with van der Waals surface area (Å²) in [5.41, 5.74) is -0.501. The first-order valence-corrected chi connectivity index (χ1v) is 8.01. The molecular formula is C18H13F3N4O3. The Morgan fingerprint density at radius 1 is 1.00 bits per heavy atom. The molecule has 1 aromatic heterocycles. The Kier molecular flexibility index (Phi) is 5.39. The van der Waals surface area contributed by atoms with Crippen LogP contribution < -0.4 is 16.2 Å². The number of rotatable bonds is 5. The van der Waals surface area contributed by atoms with E-state index in [-0.39, 0.29) is 6.54 Å². The fourth-order valence-electron chi connectivity index (χ4n) is 2.43. The van der Waals surface area contributed by atoms with E-state index in [1.54, 1.807) is 24.3 Å². The second-order valence-corrected chi connectivity index (χ2v) is 5.74. The van der Waals surface area contributed by atoms with Gasteiger partial charge in [0.2, 0.25) is 11.8 Å². The third kappa shape index (κ3) is 4.00. The Balaban J connectivity index is 1.60. The number of amides is 2. The van der Waals surface area contributed by atoms with Gasteiger partial charge in [-0.2, -0.15) is 0 Å². The Morgan fingerprint density at radius 2 is 1.75 bits per heavy atom. The molecule has 2 N–H and O–H groups in total. The van der Waals surface area contributed by atoms with Crippen LogP contribution in [0.4, 0.5) is 18.9 Å². The molecule has 0 aliphatic rings. The number of benzene rings is 2. The van der Waals surface area contributed by atoms with Crippen molar-refractivity contribution >= 4 is 28.4 Å². The molecule has 144 valence electrons. The van der Waals surface area contributed by atoms with E-state index in [4.69, 9.17) is 0 Å². The molecular weight excluding hydrogens is 377 g/mol. The highest BCUT2D eigenvalue weighted by molar-refractivity contribution is 5.94. The van der Waals surface area contributed by atoms with Gasteiger partial charge >= 0.3 is 0 Å². The molecule has 2 aromatic carbocycles. The highest BCUT2D eigenvalue weighted by Crippen LogP contribution is 2.19. The van der Waals surface area contributed by atoms with Gasteiger partial charge in [0.05, 0.1) is 29.5 Å². The van der Waals surface area contributed by atoms with Crippen LogP contribution in [0, 0.1) is 17.5 Å². The number of halogens is 3. The normalized spacial score (nSPS) is 10.7. The van der Waals surface area contributed by atoms with E-state index in [2.05, 4.69) is 10.3 Å². The number of carbonyl (C=O) groups excluding carboxylic acids is 2. The van der Waals surface area contributed by atoms with E-state index < -0.39 is 47.1 Å². The third-order valence-corrected chi connectivity index (χ3v) is 3.80. The van der Waals surface area contributed by atoms with Crippen LogP contribution in [0.25, 0.3) is 10.9 Å². The highest BCUT2D eigenvalue weighted by atomic mass is 19.2. The van der Waals surface area contributed by atoms with Crippen LogP contribution in [0.5, 0.6) is 0 Å². The molecule has 0 aliphatic heterocycles. The molecule has 7 nitrogen and oxygen atoms in total. The van der Waals surface area contributed by atoms with E-state index in [9.17, 15) is 27.6 Å². The minimum Gasteiger partial charge on any atom is -0.345 e. The van der Waals surface area contributed by atoms with Gasteiger partial charge in [-0.15, -0.1) is 0 Å². The average molecular weight is 390 g/mol. The molecule has 3 rings (SSSR count). The minimum absolute atomic E-state index is 0.337. The van der Waals surface area contributed by atoms with Crippen LogP contribution in [0.15, 0.2) is 47.5 Å². The molecule has 0 unspecified atom stereocenters. The molecule has 0 aliphatic carbocycles. The molecule has 0 atom stereocenters. The molecule has 28 heavy (non-hydrogen) atoms. The first kappa shape index (κ1) is 19.1. The smallest absolute Gasteiger partial charge is 0.261 e. The van der Waals surface area contributed by atoms with Gasteiger partial charge in [-0.05, 0) is 24.3 Å². The zero-order valence-corrected chi connectivity index (χ0v) is 14.2. The van der Waals surface area contributed by atoms with Gasteiger partial charge in [-0.3, -0.25) is 19.0 Å². The monoisotopic (exact) mass is 390 g/mol. The standard InChI is InChI=1S/C18H13F3N4O3/c19-11-5-6-13(17(21)16(11)20)24-14(26)7-22-15(27)8-25-9-23-12-4-2-1-3-10(12)18(25)28/h1-6,9H,7-8H2,(H,22,27)(H,24,26). The number of hydrogen-bond donors (Lipinski definition) is 2. The van der Waals surface area contributed by atoms with Crippen molar-refractivity contribution in [2.24, 2.45) is 0 Å². The van der Waals surface area contributed by atoms with Crippen LogP contribution in [0.3, 0.4) is 0 Å². The Hall–Kier alpha value is -3.69. The Bertz CT molecular complexity index is 1130. The van der Waals surface area contributed by atoms with Crippen LogP contribution >= 0.6 is 0 Å². The topological polar surface area (TPSA) is 93.1 Å². The van der Waals surface area contributed by atoms with Crippen LogP contribution in [-0.4, -0.2) is 27.9 Å². The first-order chi connectivity index (χ1) is 13.4. The van der Waals surface area contributed by atoms with Gasteiger partial charge in [0.25, 0.3) is 5.56 Å². The predicted octanol–water partition coefficient (Wildman–Crippen LogP) is 1.57. The molecule has 2 amide bonds. The summed E-state index contributed by atoms with van der Waals surface area (Å²) in [5, 5.41) is 4.60. The van der Waals surface area contributed by atoms with Gasteiger partial charge in [-0.25, -0.2) is 18.2 Å². The highest BCUT2D eigenvalue weighted by Gasteiger charge is 2.16. The zero-order valence-electron chi connectivity index (χ0n) is 14.2. The van der Waals surface area contributed by atoms with Crippen molar-refractivity contribution in [2.45, 2.75) is 6.54 Å². The molecule has 0 fully saturated rings. The SMILES string of the molecule is O=C(Cn1cnc2ccccc2c1=O)NCC(=O)Nc1ccc(F)c(F)c1F. The van der Waals surface area contributed by atoms with E-state index in [0.29, 0.717) is 17.0 Å². The summed E-state index contributed by atoms with van der Waals surface area (Å²) >= 11 is 0. The van der Waals surface area contributed by atoms with E-state index in [1.807, 2.05) is 5.32 Å². The van der Waals surface area contributed by atoms with Crippen LogP contribution in [-0.2, 0) is 16.1 Å². The van der Waals surface area contributed by atoms with Crippen molar-refractivity contribution in [1.29, 1.82) is 0 Å². The van der Waals surface area contributed by atoms with E-state index in [1.165, 1.54) is 6.33 Å². The fraction of sp³-hybridized carbons (Fsp3) is 0.111. The number of nitrogens with zero attached hydrogens (tertiary/aromatic N) is 2. The van der Waals surface area contributed by atoms with Gasteiger partial charge in [0, 0.05) is 0 Å². The molecule has 0 radical (unpaired) electrons. The van der Waals surface area contributed by atoms with Gasteiger partial charge in [-0.1, -0.05) is 12.1 Å². The minimum atomic E-state index is -1.72. The lowest BCUT2D eigenvalue weighted by molar-refractivity contribution is -0.124. The largest absolute Gasteiger partial charge is 0.345 e. The molecule has 10 heteroatoms.